The number of piperazine rings is 1. The number of hydrogen-bond donors (Lipinski definition) is 0. The van der Waals surface area contributed by atoms with Crippen LogP contribution in [0.15, 0.2) is 60.7 Å². The molecule has 0 radical (unpaired) electrons. The van der Waals surface area contributed by atoms with E-state index < -0.39 is 0 Å². The lowest BCUT2D eigenvalue weighted by Crippen LogP contribution is -2.47. The monoisotopic (exact) mass is 404 g/mol. The third kappa shape index (κ3) is 5.07. The first kappa shape index (κ1) is 20.2. The third-order valence-electron chi connectivity index (χ3n) is 5.33. The number of anilines is 1. The van der Waals surface area contributed by atoms with Crippen LogP contribution in [-0.2, 0) is 0 Å². The Kier molecular flexibility index (Phi) is 6.44. The van der Waals surface area contributed by atoms with Crippen LogP contribution in [0, 0.1) is 6.92 Å². The Hall–Kier alpha value is -3.12. The summed E-state index contributed by atoms with van der Waals surface area (Å²) in [6.45, 7) is 7.63. The number of nitrogens with zero attached hydrogens (tertiary/aromatic N) is 4. The highest BCUT2D eigenvalue weighted by Gasteiger charge is 2.17. The zero-order valence-electron chi connectivity index (χ0n) is 17.6. The highest BCUT2D eigenvalue weighted by atomic mass is 16.5. The van der Waals surface area contributed by atoms with E-state index in [1.165, 1.54) is 5.69 Å². The van der Waals surface area contributed by atoms with E-state index in [0.717, 1.165) is 49.7 Å². The van der Waals surface area contributed by atoms with Crippen molar-refractivity contribution in [2.75, 3.05) is 51.3 Å². The van der Waals surface area contributed by atoms with Crippen molar-refractivity contribution in [3.05, 3.63) is 66.4 Å². The predicted molar refractivity (Wildman–Crippen MR) is 119 cm³/mol. The molecule has 0 spiro atoms. The summed E-state index contributed by atoms with van der Waals surface area (Å²) in [5.74, 6) is 2.11. The van der Waals surface area contributed by atoms with Gasteiger partial charge in [-0.1, -0.05) is 18.2 Å². The number of aryl methyl sites for hydroxylation is 1. The average Bonchev–Trinajstić information content (AvgIpc) is 2.80. The Bertz CT molecular complexity index is 939. The summed E-state index contributed by atoms with van der Waals surface area (Å²) in [6, 6.07) is 20.2. The average molecular weight is 405 g/mol. The summed E-state index contributed by atoms with van der Waals surface area (Å²) in [4.78, 5) is 14.0. The van der Waals surface area contributed by atoms with Gasteiger partial charge in [-0.25, -0.2) is 4.98 Å². The number of aromatic nitrogens is 2. The minimum Gasteiger partial charge on any atom is -0.497 e. The van der Waals surface area contributed by atoms with Gasteiger partial charge in [0.1, 0.15) is 12.4 Å². The van der Waals surface area contributed by atoms with Crippen molar-refractivity contribution in [1.82, 2.24) is 14.9 Å². The molecule has 156 valence electrons. The lowest BCUT2D eigenvalue weighted by molar-refractivity contribution is 0.197. The van der Waals surface area contributed by atoms with Crippen LogP contribution in [0.2, 0.25) is 0 Å². The molecule has 30 heavy (non-hydrogen) atoms. The molecule has 0 bridgehead atoms. The molecule has 0 aliphatic carbocycles. The maximum Gasteiger partial charge on any atom is 0.217 e. The van der Waals surface area contributed by atoms with Crippen molar-refractivity contribution < 1.29 is 9.47 Å². The van der Waals surface area contributed by atoms with Crippen molar-refractivity contribution in [3.63, 3.8) is 0 Å². The fraction of sp³-hybridized carbons (Fsp3) is 0.333. The van der Waals surface area contributed by atoms with E-state index in [9.17, 15) is 0 Å². The number of para-hydroxylation sites is 1. The Labute approximate surface area is 178 Å². The molecule has 2 heterocycles. The summed E-state index contributed by atoms with van der Waals surface area (Å²) < 4.78 is 11.2. The second-order valence-electron chi connectivity index (χ2n) is 7.41. The van der Waals surface area contributed by atoms with E-state index in [1.54, 1.807) is 7.11 Å². The highest BCUT2D eigenvalue weighted by Crippen LogP contribution is 2.22. The Morgan fingerprint density at radius 3 is 2.33 bits per heavy atom. The van der Waals surface area contributed by atoms with Gasteiger partial charge in [-0.15, -0.1) is 0 Å². The van der Waals surface area contributed by atoms with Crippen LogP contribution in [0.3, 0.4) is 0 Å². The molecule has 4 rings (SSSR count). The standard InChI is InChI=1S/C24H28N4O2/c1-19-18-23(26-24(25-19)20-8-10-22(29-2)11-9-20)30-17-16-27-12-14-28(15-13-27)21-6-4-3-5-7-21/h3-11,18H,12-17H2,1-2H3. The van der Waals surface area contributed by atoms with E-state index in [2.05, 4.69) is 50.1 Å². The maximum absolute atomic E-state index is 5.98. The third-order valence-corrected chi connectivity index (χ3v) is 5.33. The van der Waals surface area contributed by atoms with Gasteiger partial charge in [-0.05, 0) is 43.3 Å². The molecule has 1 aromatic heterocycles. The summed E-state index contributed by atoms with van der Waals surface area (Å²) in [5, 5.41) is 0. The summed E-state index contributed by atoms with van der Waals surface area (Å²) in [7, 11) is 1.66. The van der Waals surface area contributed by atoms with Crippen LogP contribution in [0.25, 0.3) is 11.4 Å². The van der Waals surface area contributed by atoms with Gasteiger partial charge >= 0.3 is 0 Å². The number of ether oxygens (including phenoxy) is 2. The molecule has 0 atom stereocenters. The number of rotatable bonds is 7. The van der Waals surface area contributed by atoms with Crippen LogP contribution in [-0.4, -0.2) is 61.3 Å². The smallest absolute Gasteiger partial charge is 0.217 e. The molecule has 1 aliphatic heterocycles. The van der Waals surface area contributed by atoms with Gasteiger partial charge in [0.15, 0.2) is 5.82 Å². The van der Waals surface area contributed by atoms with Crippen molar-refractivity contribution in [2.45, 2.75) is 6.92 Å². The lowest BCUT2D eigenvalue weighted by atomic mass is 10.2. The molecule has 1 saturated heterocycles. The molecule has 2 aromatic carbocycles. The number of benzene rings is 2. The maximum atomic E-state index is 5.98. The van der Waals surface area contributed by atoms with Crippen LogP contribution in [0.5, 0.6) is 11.6 Å². The van der Waals surface area contributed by atoms with E-state index in [4.69, 9.17) is 9.47 Å². The van der Waals surface area contributed by atoms with E-state index in [0.29, 0.717) is 18.3 Å². The number of methoxy groups -OCH3 is 1. The van der Waals surface area contributed by atoms with Crippen molar-refractivity contribution >= 4 is 5.69 Å². The molecule has 0 saturated carbocycles. The molecule has 1 fully saturated rings. The molecule has 0 amide bonds. The quantitative estimate of drug-likeness (QED) is 0.599. The van der Waals surface area contributed by atoms with Crippen LogP contribution >= 0.6 is 0 Å². The minimum atomic E-state index is 0.615. The molecular formula is C24H28N4O2. The van der Waals surface area contributed by atoms with Gasteiger partial charge in [0.25, 0.3) is 0 Å². The van der Waals surface area contributed by atoms with Gasteiger partial charge < -0.3 is 14.4 Å². The van der Waals surface area contributed by atoms with Gasteiger partial charge in [0, 0.05) is 55.7 Å². The molecule has 3 aromatic rings. The normalized spacial score (nSPS) is 14.5. The second kappa shape index (κ2) is 9.59. The first-order chi connectivity index (χ1) is 14.7. The van der Waals surface area contributed by atoms with E-state index in [1.807, 2.05) is 37.3 Å². The van der Waals surface area contributed by atoms with Crippen LogP contribution < -0.4 is 14.4 Å². The summed E-state index contributed by atoms with van der Waals surface area (Å²) in [5.41, 5.74) is 3.14. The largest absolute Gasteiger partial charge is 0.497 e. The van der Waals surface area contributed by atoms with Crippen LogP contribution in [0.4, 0.5) is 5.69 Å². The fourth-order valence-electron chi connectivity index (χ4n) is 3.63. The lowest BCUT2D eigenvalue weighted by Gasteiger charge is -2.36. The minimum absolute atomic E-state index is 0.615. The van der Waals surface area contributed by atoms with Crippen molar-refractivity contribution in [3.8, 4) is 23.0 Å². The van der Waals surface area contributed by atoms with Gasteiger partial charge in [-0.2, -0.15) is 4.98 Å². The zero-order chi connectivity index (χ0) is 20.8. The second-order valence-corrected chi connectivity index (χ2v) is 7.41. The van der Waals surface area contributed by atoms with Crippen molar-refractivity contribution in [2.24, 2.45) is 0 Å². The zero-order valence-corrected chi connectivity index (χ0v) is 17.6. The SMILES string of the molecule is COc1ccc(-c2nc(C)cc(OCCN3CCN(c4ccccc4)CC3)n2)cc1. The molecule has 6 nitrogen and oxygen atoms in total. The van der Waals surface area contributed by atoms with Crippen LogP contribution in [0.1, 0.15) is 5.69 Å². The molecule has 6 heteroatoms. The fourth-order valence-corrected chi connectivity index (χ4v) is 3.63. The Morgan fingerprint density at radius 1 is 0.900 bits per heavy atom. The summed E-state index contributed by atoms with van der Waals surface area (Å²) in [6.07, 6.45) is 0. The first-order valence-electron chi connectivity index (χ1n) is 10.4. The topological polar surface area (TPSA) is 50.7 Å². The Morgan fingerprint density at radius 2 is 1.63 bits per heavy atom. The molecule has 0 N–H and O–H groups in total. The predicted octanol–water partition coefficient (Wildman–Crippen LogP) is 3.66. The molecule has 1 aliphatic rings. The number of hydrogen-bond acceptors (Lipinski definition) is 6. The highest BCUT2D eigenvalue weighted by molar-refractivity contribution is 5.57. The van der Waals surface area contributed by atoms with Gasteiger partial charge in [0.2, 0.25) is 5.88 Å². The Balaban J connectivity index is 1.29. The molecular weight excluding hydrogens is 376 g/mol. The summed E-state index contributed by atoms with van der Waals surface area (Å²) >= 11 is 0. The van der Waals surface area contributed by atoms with E-state index in [-0.39, 0.29) is 0 Å². The van der Waals surface area contributed by atoms with E-state index >= 15 is 0 Å². The van der Waals surface area contributed by atoms with Gasteiger partial charge in [-0.3, -0.25) is 4.90 Å². The van der Waals surface area contributed by atoms with Gasteiger partial charge in [0.05, 0.1) is 7.11 Å². The first-order valence-corrected chi connectivity index (χ1v) is 10.4. The molecule has 0 unspecified atom stereocenters. The van der Waals surface area contributed by atoms with Crippen molar-refractivity contribution in [1.29, 1.82) is 0 Å².